The lowest BCUT2D eigenvalue weighted by Gasteiger charge is -1.83. The molecule has 2 nitrogen and oxygen atoms in total. The Morgan fingerprint density at radius 2 is 2.38 bits per heavy atom. The molecule has 0 aromatic rings. The first-order valence-electron chi connectivity index (χ1n) is 2.38. The van der Waals surface area contributed by atoms with Crippen molar-refractivity contribution < 1.29 is 0 Å². The van der Waals surface area contributed by atoms with Crippen molar-refractivity contribution in [3.8, 4) is 0 Å². The summed E-state index contributed by atoms with van der Waals surface area (Å²) in [5.41, 5.74) is 0.701. The van der Waals surface area contributed by atoms with Crippen LogP contribution in [0.4, 0.5) is 0 Å². The van der Waals surface area contributed by atoms with Crippen molar-refractivity contribution in [3.63, 3.8) is 0 Å². The van der Waals surface area contributed by atoms with E-state index >= 15 is 0 Å². The molecule has 8 heavy (non-hydrogen) atoms. The molecule has 0 rings (SSSR count). The first-order chi connectivity index (χ1) is 3.85. The fraction of sp³-hybridized carbons (Fsp3) is 0.167. The second-order valence-corrected chi connectivity index (χ2v) is 1.26. The molecular weight excluding hydrogens is 100 g/mol. The van der Waals surface area contributed by atoms with Gasteiger partial charge in [0.1, 0.15) is 0 Å². The van der Waals surface area contributed by atoms with E-state index in [1.165, 1.54) is 0 Å². The van der Waals surface area contributed by atoms with Gasteiger partial charge in [-0.15, -0.1) is 0 Å². The number of hydrazone groups is 1. The first kappa shape index (κ1) is 6.95. The lowest BCUT2D eigenvalue weighted by atomic mass is 10.3. The van der Waals surface area contributed by atoms with Crippen LogP contribution < -0.4 is 5.84 Å². The van der Waals surface area contributed by atoms with Crippen LogP contribution in [0.2, 0.25) is 0 Å². The highest BCUT2D eigenvalue weighted by Crippen LogP contribution is 1.78. The largest absolute Gasteiger partial charge is 0.323 e. The predicted octanol–water partition coefficient (Wildman–Crippen LogP) is 1.06. The molecule has 0 saturated carbocycles. The quantitative estimate of drug-likeness (QED) is 0.322. The lowest BCUT2D eigenvalue weighted by molar-refractivity contribution is 1.25. The third-order valence-electron chi connectivity index (χ3n) is 0.696. The second kappa shape index (κ2) is 4.12. The topological polar surface area (TPSA) is 38.4 Å². The maximum Gasteiger partial charge on any atom is 0.0817 e. The standard InChI is InChI=1S/C6H10N2/c1-3-5-6(4-2)8-7/h3-5H,2,7H2,1H3/b5-3-,8-6-. The number of allylic oxidation sites excluding steroid dienone is 3. The van der Waals surface area contributed by atoms with E-state index in [0.717, 1.165) is 0 Å². The van der Waals surface area contributed by atoms with Gasteiger partial charge in [-0.1, -0.05) is 12.7 Å². The Bertz CT molecular complexity index is 122. The predicted molar refractivity (Wildman–Crippen MR) is 36.6 cm³/mol. The van der Waals surface area contributed by atoms with E-state index in [1.54, 1.807) is 12.2 Å². The van der Waals surface area contributed by atoms with Gasteiger partial charge in [0.05, 0.1) is 5.71 Å². The van der Waals surface area contributed by atoms with E-state index in [1.807, 2.05) is 13.0 Å². The molecular formula is C6H10N2. The molecule has 2 heteroatoms. The van der Waals surface area contributed by atoms with Gasteiger partial charge in [0.25, 0.3) is 0 Å². The van der Waals surface area contributed by atoms with E-state index in [0.29, 0.717) is 5.71 Å². The van der Waals surface area contributed by atoms with Crippen LogP contribution in [0.3, 0.4) is 0 Å². The summed E-state index contributed by atoms with van der Waals surface area (Å²) in [4.78, 5) is 0. The molecule has 0 fully saturated rings. The molecule has 44 valence electrons. The maximum absolute atomic E-state index is 4.93. The Morgan fingerprint density at radius 1 is 1.75 bits per heavy atom. The molecule has 0 aliphatic heterocycles. The van der Waals surface area contributed by atoms with Gasteiger partial charge in [-0.25, -0.2) is 0 Å². The summed E-state index contributed by atoms with van der Waals surface area (Å²) >= 11 is 0. The zero-order chi connectivity index (χ0) is 6.41. The van der Waals surface area contributed by atoms with E-state index in [2.05, 4.69) is 11.7 Å². The molecule has 0 radical (unpaired) electrons. The number of nitrogens with zero attached hydrogens (tertiary/aromatic N) is 1. The minimum atomic E-state index is 0.701. The van der Waals surface area contributed by atoms with Gasteiger partial charge >= 0.3 is 0 Å². The molecule has 0 aliphatic rings. The average Bonchev–Trinajstić information content (AvgIpc) is 1.83. The third-order valence-corrected chi connectivity index (χ3v) is 0.696. The van der Waals surface area contributed by atoms with Gasteiger partial charge in [-0.05, 0) is 19.1 Å². The van der Waals surface area contributed by atoms with Crippen molar-refractivity contribution >= 4 is 5.71 Å². The Kier molecular flexibility index (Phi) is 3.58. The Hall–Kier alpha value is -1.05. The molecule has 0 saturated heterocycles. The molecule has 2 N–H and O–H groups in total. The van der Waals surface area contributed by atoms with Crippen molar-refractivity contribution in [2.24, 2.45) is 10.9 Å². The highest BCUT2D eigenvalue weighted by atomic mass is 15.1. The molecule has 0 spiro atoms. The fourth-order valence-electron chi connectivity index (χ4n) is 0.335. The van der Waals surface area contributed by atoms with Crippen molar-refractivity contribution in [1.29, 1.82) is 0 Å². The van der Waals surface area contributed by atoms with E-state index in [9.17, 15) is 0 Å². The molecule has 0 bridgehead atoms. The van der Waals surface area contributed by atoms with E-state index in [4.69, 9.17) is 5.84 Å². The molecule has 0 aliphatic carbocycles. The smallest absolute Gasteiger partial charge is 0.0817 e. The zero-order valence-electron chi connectivity index (χ0n) is 4.96. The normalized spacial score (nSPS) is 12.4. The Labute approximate surface area is 49.4 Å². The Balaban J connectivity index is 3.91. The summed E-state index contributed by atoms with van der Waals surface area (Å²) < 4.78 is 0. The summed E-state index contributed by atoms with van der Waals surface area (Å²) in [5, 5.41) is 3.41. The number of hydrogen-bond acceptors (Lipinski definition) is 2. The van der Waals surface area contributed by atoms with Gasteiger partial charge in [-0.3, -0.25) is 0 Å². The third kappa shape index (κ3) is 2.18. The van der Waals surface area contributed by atoms with Crippen molar-refractivity contribution in [1.82, 2.24) is 0 Å². The van der Waals surface area contributed by atoms with Crippen LogP contribution in [-0.2, 0) is 0 Å². The van der Waals surface area contributed by atoms with Crippen LogP contribution in [0.25, 0.3) is 0 Å². The van der Waals surface area contributed by atoms with Crippen LogP contribution in [0.5, 0.6) is 0 Å². The number of rotatable bonds is 2. The van der Waals surface area contributed by atoms with Gasteiger partial charge in [0.15, 0.2) is 0 Å². The molecule has 0 atom stereocenters. The minimum absolute atomic E-state index is 0.701. The average molecular weight is 110 g/mol. The SMILES string of the molecule is C=CC(/C=C\C)=N/N. The monoisotopic (exact) mass is 110 g/mol. The van der Waals surface area contributed by atoms with Crippen LogP contribution in [-0.4, -0.2) is 5.71 Å². The van der Waals surface area contributed by atoms with Gasteiger partial charge < -0.3 is 5.84 Å². The summed E-state index contributed by atoms with van der Waals surface area (Å²) in [5.74, 6) is 4.93. The van der Waals surface area contributed by atoms with Crippen LogP contribution >= 0.6 is 0 Å². The van der Waals surface area contributed by atoms with Crippen LogP contribution in [0.15, 0.2) is 29.9 Å². The van der Waals surface area contributed by atoms with Gasteiger partial charge in [0.2, 0.25) is 0 Å². The fourth-order valence-corrected chi connectivity index (χ4v) is 0.335. The van der Waals surface area contributed by atoms with Crippen molar-refractivity contribution in [2.45, 2.75) is 6.92 Å². The summed E-state index contributed by atoms with van der Waals surface area (Å²) in [6, 6.07) is 0. The van der Waals surface area contributed by atoms with Gasteiger partial charge in [-0.2, -0.15) is 5.10 Å². The minimum Gasteiger partial charge on any atom is -0.323 e. The van der Waals surface area contributed by atoms with E-state index in [-0.39, 0.29) is 0 Å². The maximum atomic E-state index is 4.93. The molecule has 0 aromatic heterocycles. The highest BCUT2D eigenvalue weighted by Gasteiger charge is 1.77. The lowest BCUT2D eigenvalue weighted by Crippen LogP contribution is -1.91. The number of nitrogens with two attached hydrogens (primary N) is 1. The van der Waals surface area contributed by atoms with Crippen molar-refractivity contribution in [3.05, 3.63) is 24.8 Å². The molecule has 0 heterocycles. The summed E-state index contributed by atoms with van der Waals surface area (Å²) in [7, 11) is 0. The molecule has 0 amide bonds. The second-order valence-electron chi connectivity index (χ2n) is 1.26. The Morgan fingerprint density at radius 3 is 2.50 bits per heavy atom. The molecule has 0 unspecified atom stereocenters. The zero-order valence-corrected chi connectivity index (χ0v) is 4.96. The summed E-state index contributed by atoms with van der Waals surface area (Å²) in [6.45, 7) is 5.39. The van der Waals surface area contributed by atoms with E-state index < -0.39 is 0 Å². The van der Waals surface area contributed by atoms with Crippen LogP contribution in [0, 0.1) is 0 Å². The molecule has 0 aromatic carbocycles. The van der Waals surface area contributed by atoms with Crippen LogP contribution in [0.1, 0.15) is 6.92 Å². The number of hydrogen-bond donors (Lipinski definition) is 1. The highest BCUT2D eigenvalue weighted by molar-refractivity contribution is 6.03. The first-order valence-corrected chi connectivity index (χ1v) is 2.38. The van der Waals surface area contributed by atoms with Gasteiger partial charge in [0, 0.05) is 0 Å². The van der Waals surface area contributed by atoms with Crippen molar-refractivity contribution in [2.75, 3.05) is 0 Å². The summed E-state index contributed by atoms with van der Waals surface area (Å²) in [6.07, 6.45) is 5.24.